The Hall–Kier alpha value is -4.00. The van der Waals surface area contributed by atoms with Crippen molar-refractivity contribution in [1.82, 2.24) is 25.3 Å². The van der Waals surface area contributed by atoms with Gasteiger partial charge in [0.25, 0.3) is 11.5 Å². The third-order valence-corrected chi connectivity index (χ3v) is 5.21. The number of amides is 1. The standard InChI is InChI=1S/C24H23N5O2/c1-16-17(2)26-27-24(31)21(16)23(30)25-13-20-15-29(14-18-9-5-3-6-10-18)28-22(20)19-11-7-4-8-12-19/h3-12,15H,13-14H2,1-2H3,(H,25,30)(H,27,31). The highest BCUT2D eigenvalue weighted by Gasteiger charge is 2.18. The second-order valence-electron chi connectivity index (χ2n) is 7.37. The highest BCUT2D eigenvalue weighted by molar-refractivity contribution is 5.95. The molecule has 2 heterocycles. The molecule has 31 heavy (non-hydrogen) atoms. The third-order valence-electron chi connectivity index (χ3n) is 5.21. The lowest BCUT2D eigenvalue weighted by Crippen LogP contribution is -2.31. The maximum absolute atomic E-state index is 12.8. The van der Waals surface area contributed by atoms with Gasteiger partial charge in [0, 0.05) is 23.9 Å². The lowest BCUT2D eigenvalue weighted by Gasteiger charge is -2.08. The number of nitrogens with one attached hydrogen (secondary N) is 2. The molecular weight excluding hydrogens is 390 g/mol. The van der Waals surface area contributed by atoms with E-state index in [1.807, 2.05) is 71.5 Å². The predicted molar refractivity (Wildman–Crippen MR) is 119 cm³/mol. The van der Waals surface area contributed by atoms with Gasteiger partial charge >= 0.3 is 0 Å². The van der Waals surface area contributed by atoms with E-state index in [1.165, 1.54) is 0 Å². The number of aromatic amines is 1. The SMILES string of the molecule is Cc1n[nH]c(=O)c(C(=O)NCc2cn(Cc3ccccc3)nc2-c2ccccc2)c1C. The molecule has 7 heteroatoms. The summed E-state index contributed by atoms with van der Waals surface area (Å²) in [6, 6.07) is 19.9. The van der Waals surface area contributed by atoms with Crippen LogP contribution in [0, 0.1) is 13.8 Å². The van der Waals surface area contributed by atoms with E-state index in [9.17, 15) is 9.59 Å². The first-order chi connectivity index (χ1) is 15.0. The molecule has 0 fully saturated rings. The van der Waals surface area contributed by atoms with Crippen LogP contribution in [0.5, 0.6) is 0 Å². The van der Waals surface area contributed by atoms with E-state index in [2.05, 4.69) is 15.5 Å². The molecule has 1 amide bonds. The van der Waals surface area contributed by atoms with E-state index < -0.39 is 11.5 Å². The second-order valence-corrected chi connectivity index (χ2v) is 7.37. The van der Waals surface area contributed by atoms with Crippen LogP contribution < -0.4 is 10.9 Å². The Labute approximate surface area is 179 Å². The van der Waals surface area contributed by atoms with E-state index in [0.717, 1.165) is 22.4 Å². The van der Waals surface area contributed by atoms with Crippen LogP contribution in [0.4, 0.5) is 0 Å². The molecule has 0 radical (unpaired) electrons. The highest BCUT2D eigenvalue weighted by Crippen LogP contribution is 2.22. The fourth-order valence-corrected chi connectivity index (χ4v) is 3.45. The van der Waals surface area contributed by atoms with Crippen LogP contribution in [0.2, 0.25) is 0 Å². The fourth-order valence-electron chi connectivity index (χ4n) is 3.45. The molecule has 0 saturated carbocycles. The van der Waals surface area contributed by atoms with Gasteiger partial charge in [0.05, 0.1) is 17.9 Å². The van der Waals surface area contributed by atoms with Crippen molar-refractivity contribution in [3.05, 3.63) is 105 Å². The van der Waals surface area contributed by atoms with E-state index in [-0.39, 0.29) is 12.1 Å². The molecule has 2 N–H and O–H groups in total. The van der Waals surface area contributed by atoms with Gasteiger partial charge in [-0.2, -0.15) is 10.2 Å². The summed E-state index contributed by atoms with van der Waals surface area (Å²) in [6.45, 7) is 4.35. The van der Waals surface area contributed by atoms with E-state index in [4.69, 9.17) is 5.10 Å². The van der Waals surface area contributed by atoms with Crippen molar-refractivity contribution in [1.29, 1.82) is 0 Å². The zero-order valence-electron chi connectivity index (χ0n) is 17.4. The molecule has 0 atom stereocenters. The van der Waals surface area contributed by atoms with Crippen LogP contribution in [0.3, 0.4) is 0 Å². The number of aromatic nitrogens is 4. The zero-order chi connectivity index (χ0) is 21.8. The minimum Gasteiger partial charge on any atom is -0.348 e. The zero-order valence-corrected chi connectivity index (χ0v) is 17.4. The summed E-state index contributed by atoms with van der Waals surface area (Å²) in [5, 5.41) is 13.9. The number of benzene rings is 2. The number of hydrogen-bond donors (Lipinski definition) is 2. The Morgan fingerprint density at radius 2 is 1.71 bits per heavy atom. The Bertz CT molecular complexity index is 1260. The van der Waals surface area contributed by atoms with Gasteiger partial charge in [0.2, 0.25) is 0 Å². The van der Waals surface area contributed by atoms with Crippen LogP contribution in [-0.2, 0) is 13.1 Å². The molecular formula is C24H23N5O2. The Morgan fingerprint density at radius 1 is 1.03 bits per heavy atom. The van der Waals surface area contributed by atoms with Crippen LogP contribution in [0.25, 0.3) is 11.3 Å². The molecule has 0 saturated heterocycles. The normalized spacial score (nSPS) is 10.8. The molecule has 4 rings (SSSR count). The summed E-state index contributed by atoms with van der Waals surface area (Å²) >= 11 is 0. The number of rotatable bonds is 6. The molecule has 4 aromatic rings. The minimum atomic E-state index is -0.497. The molecule has 0 bridgehead atoms. The van der Waals surface area contributed by atoms with Crippen LogP contribution in [0.15, 0.2) is 71.7 Å². The van der Waals surface area contributed by atoms with Gasteiger partial charge in [-0.1, -0.05) is 60.7 Å². The quantitative estimate of drug-likeness (QED) is 0.508. The van der Waals surface area contributed by atoms with E-state index in [0.29, 0.717) is 17.8 Å². The van der Waals surface area contributed by atoms with Gasteiger partial charge < -0.3 is 5.32 Å². The van der Waals surface area contributed by atoms with Crippen molar-refractivity contribution in [3.8, 4) is 11.3 Å². The highest BCUT2D eigenvalue weighted by atomic mass is 16.2. The van der Waals surface area contributed by atoms with Crippen molar-refractivity contribution in [2.45, 2.75) is 26.9 Å². The smallest absolute Gasteiger partial charge is 0.277 e. The number of hydrogen-bond acceptors (Lipinski definition) is 4. The Kier molecular flexibility index (Phi) is 5.75. The second kappa shape index (κ2) is 8.79. The molecule has 7 nitrogen and oxygen atoms in total. The van der Waals surface area contributed by atoms with Crippen LogP contribution >= 0.6 is 0 Å². The summed E-state index contributed by atoms with van der Waals surface area (Å²) in [6.07, 6.45) is 1.94. The van der Waals surface area contributed by atoms with Crippen molar-refractivity contribution in [2.75, 3.05) is 0 Å². The molecule has 2 aromatic heterocycles. The molecule has 2 aromatic carbocycles. The Morgan fingerprint density at radius 3 is 2.42 bits per heavy atom. The van der Waals surface area contributed by atoms with Crippen molar-refractivity contribution in [2.24, 2.45) is 0 Å². The number of aryl methyl sites for hydroxylation is 1. The van der Waals surface area contributed by atoms with Crippen molar-refractivity contribution < 1.29 is 4.79 Å². The van der Waals surface area contributed by atoms with Crippen molar-refractivity contribution in [3.63, 3.8) is 0 Å². The van der Waals surface area contributed by atoms with E-state index >= 15 is 0 Å². The van der Waals surface area contributed by atoms with Crippen LogP contribution in [0.1, 0.15) is 32.7 Å². The maximum Gasteiger partial charge on any atom is 0.277 e. The van der Waals surface area contributed by atoms with Gasteiger partial charge in [0.15, 0.2) is 0 Å². The average molecular weight is 413 g/mol. The van der Waals surface area contributed by atoms with Gasteiger partial charge in [-0.25, -0.2) is 5.10 Å². The minimum absolute atomic E-state index is 0.0884. The summed E-state index contributed by atoms with van der Waals surface area (Å²) < 4.78 is 1.87. The number of carbonyl (C=O) groups excluding carboxylic acids is 1. The largest absolute Gasteiger partial charge is 0.348 e. The molecule has 0 spiro atoms. The maximum atomic E-state index is 12.8. The van der Waals surface area contributed by atoms with Gasteiger partial charge in [-0.15, -0.1) is 0 Å². The topological polar surface area (TPSA) is 92.7 Å². The molecule has 0 unspecified atom stereocenters. The predicted octanol–water partition coefficient (Wildman–Crippen LogP) is 3.23. The Balaban J connectivity index is 1.62. The molecule has 0 aliphatic rings. The third kappa shape index (κ3) is 4.45. The first kappa shape index (κ1) is 20.3. The lowest BCUT2D eigenvalue weighted by atomic mass is 10.1. The monoisotopic (exact) mass is 413 g/mol. The van der Waals surface area contributed by atoms with Crippen LogP contribution in [-0.4, -0.2) is 25.9 Å². The van der Waals surface area contributed by atoms with E-state index in [1.54, 1.807) is 13.8 Å². The number of H-pyrrole nitrogens is 1. The lowest BCUT2D eigenvalue weighted by molar-refractivity contribution is 0.0948. The van der Waals surface area contributed by atoms with Gasteiger partial charge in [-0.05, 0) is 25.0 Å². The first-order valence-corrected chi connectivity index (χ1v) is 10.0. The summed E-state index contributed by atoms with van der Waals surface area (Å²) in [4.78, 5) is 24.9. The van der Waals surface area contributed by atoms with Gasteiger partial charge in [0.1, 0.15) is 5.56 Å². The van der Waals surface area contributed by atoms with Gasteiger partial charge in [-0.3, -0.25) is 14.3 Å². The summed E-state index contributed by atoms with van der Waals surface area (Å²) in [5.41, 5.74) is 4.55. The average Bonchev–Trinajstić information content (AvgIpc) is 3.19. The molecule has 0 aliphatic carbocycles. The van der Waals surface area contributed by atoms with Crippen molar-refractivity contribution >= 4 is 5.91 Å². The molecule has 156 valence electrons. The number of carbonyl (C=O) groups is 1. The fraction of sp³-hybridized carbons (Fsp3) is 0.167. The summed E-state index contributed by atoms with van der Waals surface area (Å²) in [7, 11) is 0. The summed E-state index contributed by atoms with van der Waals surface area (Å²) in [5.74, 6) is -0.431. The first-order valence-electron chi connectivity index (χ1n) is 10.0. The number of nitrogens with zero attached hydrogens (tertiary/aromatic N) is 3. The molecule has 0 aliphatic heterocycles.